The van der Waals surface area contributed by atoms with E-state index in [2.05, 4.69) is 16.9 Å². The summed E-state index contributed by atoms with van der Waals surface area (Å²) < 4.78 is 24.4. The molecule has 0 radical (unpaired) electrons. The Bertz CT molecular complexity index is 711. The topological polar surface area (TPSA) is 67.7 Å². The van der Waals surface area contributed by atoms with E-state index in [0.29, 0.717) is 37.0 Å². The van der Waals surface area contributed by atoms with Crippen LogP contribution in [0.2, 0.25) is 0 Å². The third kappa shape index (κ3) is 3.99. The van der Waals surface area contributed by atoms with Gasteiger partial charge in [-0.15, -0.1) is 0 Å². The highest BCUT2D eigenvalue weighted by Gasteiger charge is 2.31. The Morgan fingerprint density at radius 3 is 2.72 bits per heavy atom. The number of aryl methyl sites for hydroxylation is 1. The summed E-state index contributed by atoms with van der Waals surface area (Å²) in [7, 11) is 1.45. The van der Waals surface area contributed by atoms with E-state index in [4.69, 9.17) is 9.47 Å². The van der Waals surface area contributed by atoms with Gasteiger partial charge in [0, 0.05) is 25.0 Å². The Balaban J connectivity index is 1.74. The summed E-state index contributed by atoms with van der Waals surface area (Å²) in [5, 5.41) is 10.3. The van der Waals surface area contributed by atoms with E-state index in [1.165, 1.54) is 25.3 Å². The van der Waals surface area contributed by atoms with Gasteiger partial charge in [-0.2, -0.15) is 0 Å². The number of aromatic nitrogens is 2. The summed E-state index contributed by atoms with van der Waals surface area (Å²) in [6.07, 6.45) is 3.93. The molecule has 1 aromatic heterocycles. The molecule has 2 heterocycles. The summed E-state index contributed by atoms with van der Waals surface area (Å²) in [5.74, 6) is 0.910. The van der Waals surface area contributed by atoms with E-state index in [0.717, 1.165) is 12.0 Å². The molecule has 7 heteroatoms. The van der Waals surface area contributed by atoms with Crippen LogP contribution in [0.5, 0.6) is 11.5 Å². The first-order valence-electron chi connectivity index (χ1n) is 8.34. The Hall–Kier alpha value is -2.41. The number of piperidine rings is 1. The zero-order valence-corrected chi connectivity index (χ0v) is 14.4. The lowest BCUT2D eigenvalue weighted by Crippen LogP contribution is -2.50. The van der Waals surface area contributed by atoms with Crippen molar-refractivity contribution in [1.29, 1.82) is 0 Å². The number of methoxy groups -OCH3 is 1. The highest BCUT2D eigenvalue weighted by Crippen LogP contribution is 2.30. The van der Waals surface area contributed by atoms with Gasteiger partial charge in [-0.3, -0.25) is 0 Å². The molecule has 1 aliphatic rings. The molecule has 0 spiro atoms. The van der Waals surface area contributed by atoms with E-state index < -0.39 is 18.0 Å². The predicted octanol–water partition coefficient (Wildman–Crippen LogP) is 2.21. The lowest BCUT2D eigenvalue weighted by atomic mass is 10.1. The van der Waals surface area contributed by atoms with Crippen LogP contribution >= 0.6 is 0 Å². The van der Waals surface area contributed by atoms with E-state index in [1.807, 2.05) is 17.3 Å². The summed E-state index contributed by atoms with van der Waals surface area (Å²) >= 11 is 0. The van der Waals surface area contributed by atoms with Gasteiger partial charge in [0.1, 0.15) is 11.9 Å². The van der Waals surface area contributed by atoms with Crippen LogP contribution in [0.15, 0.2) is 30.6 Å². The second-order valence-electron chi connectivity index (χ2n) is 6.00. The number of aliphatic hydroxyl groups excluding tert-OH is 1. The van der Waals surface area contributed by atoms with Gasteiger partial charge in [0.25, 0.3) is 0 Å². The number of rotatable bonds is 5. The Kier molecular flexibility index (Phi) is 5.33. The van der Waals surface area contributed by atoms with Gasteiger partial charge in [0.05, 0.1) is 19.8 Å². The van der Waals surface area contributed by atoms with Gasteiger partial charge in [0.2, 0.25) is 5.95 Å². The van der Waals surface area contributed by atoms with Crippen molar-refractivity contribution in [3.05, 3.63) is 42.0 Å². The molecule has 1 saturated heterocycles. The molecule has 0 unspecified atom stereocenters. The number of hydrogen-bond donors (Lipinski definition) is 1. The maximum Gasteiger partial charge on any atom is 0.225 e. The van der Waals surface area contributed by atoms with Crippen LogP contribution in [0.25, 0.3) is 0 Å². The molecule has 0 amide bonds. The Morgan fingerprint density at radius 1 is 1.28 bits per heavy atom. The quantitative estimate of drug-likeness (QED) is 0.894. The minimum atomic E-state index is -0.624. The molecule has 0 bridgehead atoms. The normalized spacial score (nSPS) is 20.4. The van der Waals surface area contributed by atoms with Crippen LogP contribution in [0.3, 0.4) is 0 Å². The Morgan fingerprint density at radius 2 is 2.04 bits per heavy atom. The number of nitrogens with zero attached hydrogens (tertiary/aromatic N) is 3. The molecule has 6 nitrogen and oxygen atoms in total. The second kappa shape index (κ2) is 7.65. The monoisotopic (exact) mass is 347 g/mol. The minimum absolute atomic E-state index is 0.299. The SMILES string of the molecule is CCc1cnc(N2CC[C@@H](O)[C@H](Oc3ccc(F)cc3OC)C2)nc1. The second-order valence-corrected chi connectivity index (χ2v) is 6.00. The first kappa shape index (κ1) is 17.4. The van der Waals surface area contributed by atoms with Gasteiger partial charge in [-0.05, 0) is 30.5 Å². The average molecular weight is 347 g/mol. The zero-order chi connectivity index (χ0) is 17.8. The molecular weight excluding hydrogens is 325 g/mol. The van der Waals surface area contributed by atoms with E-state index in [9.17, 15) is 9.50 Å². The molecular formula is C18H22FN3O3. The van der Waals surface area contributed by atoms with Crippen molar-refractivity contribution in [1.82, 2.24) is 9.97 Å². The maximum atomic E-state index is 13.3. The first-order valence-corrected chi connectivity index (χ1v) is 8.34. The third-order valence-electron chi connectivity index (χ3n) is 4.31. The van der Waals surface area contributed by atoms with Gasteiger partial charge < -0.3 is 19.5 Å². The van der Waals surface area contributed by atoms with Gasteiger partial charge >= 0.3 is 0 Å². The van der Waals surface area contributed by atoms with Crippen molar-refractivity contribution in [2.75, 3.05) is 25.1 Å². The van der Waals surface area contributed by atoms with Crippen LogP contribution in [-0.2, 0) is 6.42 Å². The fourth-order valence-corrected chi connectivity index (χ4v) is 2.80. The van der Waals surface area contributed by atoms with Crippen LogP contribution < -0.4 is 14.4 Å². The summed E-state index contributed by atoms with van der Waals surface area (Å²) in [4.78, 5) is 10.8. The fraction of sp³-hybridized carbons (Fsp3) is 0.444. The van der Waals surface area contributed by atoms with Gasteiger partial charge in [0.15, 0.2) is 11.5 Å². The molecule has 3 rings (SSSR count). The summed E-state index contributed by atoms with van der Waals surface area (Å²) in [6.45, 7) is 3.13. The smallest absolute Gasteiger partial charge is 0.225 e. The molecule has 0 aliphatic carbocycles. The number of aliphatic hydroxyl groups is 1. The molecule has 0 saturated carbocycles. The predicted molar refractivity (Wildman–Crippen MR) is 91.6 cm³/mol. The van der Waals surface area contributed by atoms with Crippen LogP contribution in [0, 0.1) is 5.82 Å². The van der Waals surface area contributed by atoms with Crippen molar-refractivity contribution in [3.8, 4) is 11.5 Å². The molecule has 1 N–H and O–H groups in total. The number of benzene rings is 1. The van der Waals surface area contributed by atoms with Crippen LogP contribution in [-0.4, -0.2) is 47.5 Å². The van der Waals surface area contributed by atoms with Gasteiger partial charge in [-0.25, -0.2) is 14.4 Å². The lowest BCUT2D eigenvalue weighted by molar-refractivity contribution is 0.0218. The maximum absolute atomic E-state index is 13.3. The molecule has 25 heavy (non-hydrogen) atoms. The van der Waals surface area contributed by atoms with E-state index >= 15 is 0 Å². The molecule has 2 atom stereocenters. The molecule has 1 fully saturated rings. The van der Waals surface area contributed by atoms with Crippen molar-refractivity contribution in [2.24, 2.45) is 0 Å². The average Bonchev–Trinajstić information content (AvgIpc) is 2.65. The van der Waals surface area contributed by atoms with Crippen LogP contribution in [0.1, 0.15) is 18.9 Å². The summed E-state index contributed by atoms with van der Waals surface area (Å²) in [5.41, 5.74) is 1.07. The molecule has 2 aromatic rings. The van der Waals surface area contributed by atoms with Gasteiger partial charge in [-0.1, -0.05) is 6.92 Å². The molecule has 134 valence electrons. The number of ether oxygens (including phenoxy) is 2. The highest BCUT2D eigenvalue weighted by molar-refractivity contribution is 5.40. The highest BCUT2D eigenvalue weighted by atomic mass is 19.1. The number of anilines is 1. The lowest BCUT2D eigenvalue weighted by Gasteiger charge is -2.36. The minimum Gasteiger partial charge on any atom is -0.493 e. The largest absolute Gasteiger partial charge is 0.493 e. The van der Waals surface area contributed by atoms with Crippen LogP contribution in [0.4, 0.5) is 10.3 Å². The molecule has 1 aromatic carbocycles. The first-order chi connectivity index (χ1) is 12.1. The van der Waals surface area contributed by atoms with Crippen molar-refractivity contribution >= 4 is 5.95 Å². The summed E-state index contributed by atoms with van der Waals surface area (Å²) in [6, 6.07) is 4.07. The third-order valence-corrected chi connectivity index (χ3v) is 4.31. The zero-order valence-electron chi connectivity index (χ0n) is 14.4. The Labute approximate surface area is 146 Å². The van der Waals surface area contributed by atoms with Crippen molar-refractivity contribution in [2.45, 2.75) is 32.0 Å². The van der Waals surface area contributed by atoms with Crippen molar-refractivity contribution in [3.63, 3.8) is 0 Å². The number of halogens is 1. The standard InChI is InChI=1S/C18H22FN3O3/c1-3-12-9-20-18(21-10-12)22-7-6-14(23)17(11-22)25-15-5-4-13(19)8-16(15)24-2/h4-5,8-10,14,17,23H,3,6-7,11H2,1-2H3/t14-,17-/m1/s1. The number of hydrogen-bond acceptors (Lipinski definition) is 6. The van der Waals surface area contributed by atoms with E-state index in [1.54, 1.807) is 0 Å². The fourth-order valence-electron chi connectivity index (χ4n) is 2.80. The van der Waals surface area contributed by atoms with E-state index in [-0.39, 0.29) is 0 Å². The molecule has 1 aliphatic heterocycles. The van der Waals surface area contributed by atoms with Crippen molar-refractivity contribution < 1.29 is 19.0 Å².